The van der Waals surface area contributed by atoms with Gasteiger partial charge in [-0.3, -0.25) is 9.59 Å². The molecule has 314 valence electrons. The third-order valence-corrected chi connectivity index (χ3v) is 12.3. The van der Waals surface area contributed by atoms with Gasteiger partial charge in [0.1, 0.15) is 42.0 Å². The van der Waals surface area contributed by atoms with Crippen LogP contribution >= 0.6 is 0 Å². The number of nitrogens with zero attached hydrogens (tertiary/aromatic N) is 2. The Morgan fingerprint density at radius 2 is 1.73 bits per heavy atom. The standard InChI is InChI=1S/C47H55FN2O9/c1-4-23-57-47-43(50(46(54)31-13-14-31)28-30-11-15-34(48)16-12-30)27-40(49-56-3)38-25-32(9-5-7-21-51)37(10-6-8-22-52)44(45(38)47)39-26-36(18-20-42(39)59-47)58-35-17-19-41(55-2)33(24-35)29-53/h4,11-12,15-20,24-26,29,31-32,37,43-45,51-52H,1,5-10,13-14,21-23,27-28H2,2-3H3. The third-order valence-electron chi connectivity index (χ3n) is 12.3. The summed E-state index contributed by atoms with van der Waals surface area (Å²) in [7, 11) is 3.03. The molecule has 3 aliphatic carbocycles. The van der Waals surface area contributed by atoms with Gasteiger partial charge in [0.05, 0.1) is 30.9 Å². The molecular formula is C47H55FN2O9. The minimum atomic E-state index is -1.42. The number of hydrogen-bond donors (Lipinski definition) is 2. The minimum absolute atomic E-state index is 0.0217. The van der Waals surface area contributed by atoms with Crippen molar-refractivity contribution in [2.45, 2.75) is 82.1 Å². The van der Waals surface area contributed by atoms with E-state index in [0.29, 0.717) is 47.1 Å². The molecule has 3 aromatic carbocycles. The van der Waals surface area contributed by atoms with Crippen molar-refractivity contribution < 1.29 is 48.0 Å². The van der Waals surface area contributed by atoms with Crippen LogP contribution in [-0.4, -0.2) is 78.9 Å². The van der Waals surface area contributed by atoms with Crippen molar-refractivity contribution in [3.8, 4) is 23.0 Å². The first-order valence-electron chi connectivity index (χ1n) is 20.8. The van der Waals surface area contributed by atoms with E-state index >= 15 is 0 Å². The zero-order chi connectivity index (χ0) is 41.5. The van der Waals surface area contributed by atoms with E-state index in [9.17, 15) is 24.2 Å². The van der Waals surface area contributed by atoms with Gasteiger partial charge in [-0.2, -0.15) is 0 Å². The highest BCUT2D eigenvalue weighted by Gasteiger charge is 2.66. The number of halogens is 1. The molecule has 1 aliphatic heterocycles. The monoisotopic (exact) mass is 810 g/mol. The van der Waals surface area contributed by atoms with E-state index < -0.39 is 17.7 Å². The Hall–Kier alpha value is -5.04. The number of carbonyl (C=O) groups excluding carboxylic acids is 2. The van der Waals surface area contributed by atoms with Crippen LogP contribution in [-0.2, 0) is 20.9 Å². The molecule has 0 radical (unpaired) electrons. The molecule has 6 atom stereocenters. The second-order valence-electron chi connectivity index (χ2n) is 15.9. The van der Waals surface area contributed by atoms with Gasteiger partial charge in [0.2, 0.25) is 11.7 Å². The van der Waals surface area contributed by atoms with Gasteiger partial charge in [0.15, 0.2) is 6.29 Å². The van der Waals surface area contributed by atoms with Crippen LogP contribution in [0.25, 0.3) is 0 Å². The molecule has 59 heavy (non-hydrogen) atoms. The molecule has 0 bridgehead atoms. The molecule has 1 amide bonds. The van der Waals surface area contributed by atoms with E-state index in [1.165, 1.54) is 26.4 Å². The first-order valence-corrected chi connectivity index (χ1v) is 20.8. The van der Waals surface area contributed by atoms with E-state index in [4.69, 9.17) is 23.8 Å². The lowest BCUT2D eigenvalue weighted by atomic mass is 9.55. The topological polar surface area (TPSA) is 136 Å². The molecule has 0 saturated heterocycles. The fourth-order valence-corrected chi connectivity index (χ4v) is 9.52. The van der Waals surface area contributed by atoms with Crippen LogP contribution in [0, 0.1) is 29.5 Å². The van der Waals surface area contributed by atoms with E-state index in [1.54, 1.807) is 36.4 Å². The zero-order valence-electron chi connectivity index (χ0n) is 33.9. The van der Waals surface area contributed by atoms with Gasteiger partial charge in [0.25, 0.3) is 0 Å². The molecule has 6 unspecified atom stereocenters. The van der Waals surface area contributed by atoms with Gasteiger partial charge in [-0.05, 0) is 110 Å². The predicted octanol–water partition coefficient (Wildman–Crippen LogP) is 8.14. The molecule has 0 spiro atoms. The molecule has 0 aromatic heterocycles. The summed E-state index contributed by atoms with van der Waals surface area (Å²) in [6.45, 7) is 4.50. The fraction of sp³-hybridized carbons (Fsp3) is 0.468. The summed E-state index contributed by atoms with van der Waals surface area (Å²) in [5.41, 5.74) is 3.64. The number of aliphatic hydroxyl groups is 2. The lowest BCUT2D eigenvalue weighted by Crippen LogP contribution is -2.70. The molecule has 2 N–H and O–H groups in total. The third kappa shape index (κ3) is 8.81. The molecule has 11 nitrogen and oxygen atoms in total. The number of methoxy groups -OCH3 is 1. The van der Waals surface area contributed by atoms with Crippen molar-refractivity contribution in [3.63, 3.8) is 0 Å². The largest absolute Gasteiger partial charge is 0.496 e. The summed E-state index contributed by atoms with van der Waals surface area (Å²) >= 11 is 0. The number of unbranched alkanes of at least 4 members (excludes halogenated alkanes) is 2. The highest BCUT2D eigenvalue weighted by atomic mass is 19.1. The van der Waals surface area contributed by atoms with Gasteiger partial charge in [-0.1, -0.05) is 42.3 Å². The predicted molar refractivity (Wildman–Crippen MR) is 220 cm³/mol. The maximum atomic E-state index is 14.6. The SMILES string of the molecule is C=CCOC12Oc3ccc(Oc4ccc(OC)c(C=O)c4)cc3C3C(CCCCO)C(CCCCO)C=C(C(=NOC)CC1N(Cc1ccc(F)cc1)C(=O)C1CC1)C32. The number of allylic oxidation sites excluding steroid dienone is 1. The van der Waals surface area contributed by atoms with Gasteiger partial charge >= 0.3 is 0 Å². The average molecular weight is 811 g/mol. The van der Waals surface area contributed by atoms with Crippen LogP contribution in [0.1, 0.15) is 85.2 Å². The Morgan fingerprint density at radius 1 is 1.00 bits per heavy atom. The Morgan fingerprint density at radius 3 is 2.41 bits per heavy atom. The summed E-state index contributed by atoms with van der Waals surface area (Å²) < 4.78 is 40.3. The second kappa shape index (κ2) is 18.9. The van der Waals surface area contributed by atoms with Crippen molar-refractivity contribution in [1.29, 1.82) is 0 Å². The summed E-state index contributed by atoms with van der Waals surface area (Å²) in [6.07, 6.45) is 11.0. The first kappa shape index (κ1) is 42.1. The average Bonchev–Trinajstić information content (AvgIpc) is 4.10. The number of aldehydes is 1. The van der Waals surface area contributed by atoms with Crippen molar-refractivity contribution in [3.05, 3.63) is 107 Å². The Labute approximate surface area is 345 Å². The van der Waals surface area contributed by atoms with Gasteiger partial charge in [-0.15, -0.1) is 6.58 Å². The van der Waals surface area contributed by atoms with Crippen LogP contribution in [0.2, 0.25) is 0 Å². The van der Waals surface area contributed by atoms with Crippen LogP contribution in [0.5, 0.6) is 23.0 Å². The van der Waals surface area contributed by atoms with E-state index in [-0.39, 0.29) is 68.2 Å². The summed E-state index contributed by atoms with van der Waals surface area (Å²) in [4.78, 5) is 33.9. The first-order chi connectivity index (χ1) is 28.8. The Balaban J connectivity index is 1.43. The van der Waals surface area contributed by atoms with Crippen LogP contribution in [0.4, 0.5) is 4.39 Å². The molecule has 2 fully saturated rings. The summed E-state index contributed by atoms with van der Waals surface area (Å²) in [5, 5.41) is 24.4. The molecular weight excluding hydrogens is 756 g/mol. The summed E-state index contributed by atoms with van der Waals surface area (Å²) in [6, 6.07) is 16.3. The molecule has 7 rings (SSSR count). The van der Waals surface area contributed by atoms with E-state index in [1.807, 2.05) is 23.1 Å². The number of rotatable bonds is 20. The molecule has 2 saturated carbocycles. The number of oxime groups is 1. The number of benzene rings is 3. The van der Waals surface area contributed by atoms with Crippen molar-refractivity contribution >= 4 is 17.9 Å². The minimum Gasteiger partial charge on any atom is -0.496 e. The summed E-state index contributed by atoms with van der Waals surface area (Å²) in [5.74, 6) is -0.585. The van der Waals surface area contributed by atoms with Crippen molar-refractivity contribution in [2.75, 3.05) is 34.0 Å². The molecule has 12 heteroatoms. The normalized spacial score (nSPS) is 24.9. The Kier molecular flexibility index (Phi) is 13.5. The zero-order valence-corrected chi connectivity index (χ0v) is 33.9. The van der Waals surface area contributed by atoms with Crippen molar-refractivity contribution in [2.24, 2.45) is 28.8 Å². The quantitative estimate of drug-likeness (QED) is 0.0502. The number of fused-ring (bicyclic) bond motifs is 2. The van der Waals surface area contributed by atoms with Crippen LogP contribution in [0.3, 0.4) is 0 Å². The number of hydrogen-bond acceptors (Lipinski definition) is 10. The second-order valence-corrected chi connectivity index (χ2v) is 15.9. The van der Waals surface area contributed by atoms with Gasteiger partial charge < -0.3 is 38.9 Å². The van der Waals surface area contributed by atoms with Gasteiger partial charge in [0, 0.05) is 43.6 Å². The Bertz CT molecular complexity index is 2030. The molecule has 1 heterocycles. The smallest absolute Gasteiger partial charge is 0.239 e. The highest BCUT2D eigenvalue weighted by Crippen LogP contribution is 2.62. The highest BCUT2D eigenvalue weighted by molar-refractivity contribution is 6.03. The lowest BCUT2D eigenvalue weighted by molar-refractivity contribution is -0.258. The molecule has 3 aromatic rings. The number of carbonyl (C=O) groups is 2. The van der Waals surface area contributed by atoms with Crippen molar-refractivity contribution in [1.82, 2.24) is 4.90 Å². The van der Waals surface area contributed by atoms with E-state index in [0.717, 1.165) is 61.5 Å². The number of aliphatic hydroxyl groups excluding tert-OH is 2. The maximum Gasteiger partial charge on any atom is 0.239 e. The maximum absolute atomic E-state index is 14.6. The lowest BCUT2D eigenvalue weighted by Gasteiger charge is -2.60. The molecule has 4 aliphatic rings. The van der Waals surface area contributed by atoms with Gasteiger partial charge in [-0.25, -0.2) is 4.39 Å². The van der Waals surface area contributed by atoms with Crippen LogP contribution < -0.4 is 14.2 Å². The van der Waals surface area contributed by atoms with Crippen LogP contribution in [0.15, 0.2) is 90.1 Å². The van der Waals surface area contributed by atoms with E-state index in [2.05, 4.69) is 17.8 Å². The fourth-order valence-electron chi connectivity index (χ4n) is 9.52. The number of ether oxygens (including phenoxy) is 4. The number of amides is 1.